The van der Waals surface area contributed by atoms with Gasteiger partial charge in [0.1, 0.15) is 46.3 Å². The highest BCUT2D eigenvalue weighted by atomic mass is 16.5. The number of carbonyl (C=O) groups is 1. The van der Waals surface area contributed by atoms with Crippen molar-refractivity contribution >= 4 is 27.9 Å². The van der Waals surface area contributed by atoms with Gasteiger partial charge >= 0.3 is 0 Å². The number of imidazole rings is 4. The minimum absolute atomic E-state index is 0.0393. The predicted molar refractivity (Wildman–Crippen MR) is 523 cm³/mol. The Morgan fingerprint density at radius 2 is 0.857 bits per heavy atom. The summed E-state index contributed by atoms with van der Waals surface area (Å²) in [7, 11) is 4.26. The van der Waals surface area contributed by atoms with Gasteiger partial charge in [-0.15, -0.1) is 20.4 Å². The molecular weight excluding hydrogens is 1680 g/mol. The highest BCUT2D eigenvalue weighted by Gasteiger charge is 2.32. The molecule has 1 atom stereocenters. The van der Waals surface area contributed by atoms with Gasteiger partial charge in [-0.1, -0.05) is 106 Å². The summed E-state index contributed by atoms with van der Waals surface area (Å²) in [4.78, 5) is 110. The lowest BCUT2D eigenvalue weighted by Crippen LogP contribution is -2.46. The summed E-state index contributed by atoms with van der Waals surface area (Å²) < 4.78 is 30.3. The number of fused-ring (bicyclic) bond motifs is 4. The number of Topliss-reactive ketones (excluding diaryl/α,β-unsaturated/α-hetero) is 1. The summed E-state index contributed by atoms with van der Waals surface area (Å²) in [5, 5.41) is 33.1. The molecule has 11 heterocycles. The van der Waals surface area contributed by atoms with Gasteiger partial charge in [-0.2, -0.15) is 0 Å². The average molecular weight is 1830 g/mol. The van der Waals surface area contributed by atoms with E-state index in [0.29, 0.717) is 142 Å². The van der Waals surface area contributed by atoms with Crippen molar-refractivity contribution < 1.29 is 28.8 Å². The zero-order valence-corrected chi connectivity index (χ0v) is 81.7. The minimum Gasteiger partial charge on any atom is -0.493 e. The summed E-state index contributed by atoms with van der Waals surface area (Å²) in [6.07, 6.45) is 11.7. The van der Waals surface area contributed by atoms with E-state index in [9.17, 15) is 29.1 Å². The van der Waals surface area contributed by atoms with Gasteiger partial charge in [0.25, 0.3) is 22.2 Å². The largest absolute Gasteiger partial charge is 0.493 e. The third-order valence-corrected chi connectivity index (χ3v) is 25.5. The first-order valence-electron chi connectivity index (χ1n) is 48.3. The van der Waals surface area contributed by atoms with Gasteiger partial charge in [-0.05, 0) is 179 Å². The number of aromatic nitrogens is 16. The molecule has 4 aromatic carbocycles. The van der Waals surface area contributed by atoms with Crippen molar-refractivity contribution in [2.75, 3.05) is 139 Å². The zero-order chi connectivity index (χ0) is 94.9. The fourth-order valence-electron chi connectivity index (χ4n) is 18.3. The molecule has 16 rings (SSSR count). The number of aromatic amines is 4. The van der Waals surface area contributed by atoms with Gasteiger partial charge in [0.2, 0.25) is 0 Å². The highest BCUT2D eigenvalue weighted by Crippen LogP contribution is 2.38. The second-order valence-corrected chi connectivity index (χ2v) is 36.6. The number of nitrogens with one attached hydrogen (secondary N) is 5. The van der Waals surface area contributed by atoms with Crippen LogP contribution < -0.4 is 46.5 Å². The first-order chi connectivity index (χ1) is 64.1. The molecule has 3 saturated heterocycles. The second kappa shape index (κ2) is 45.7. The van der Waals surface area contributed by atoms with Crippen LogP contribution in [0.15, 0.2) is 92.0 Å². The molecule has 33 heteroatoms. The van der Waals surface area contributed by atoms with Crippen molar-refractivity contribution in [3.63, 3.8) is 0 Å². The number of hydrogen-bond acceptors (Lipinski definition) is 25. The molecular formula is C100H141N23O10. The molecule has 8 aromatic heterocycles. The summed E-state index contributed by atoms with van der Waals surface area (Å²) in [6, 6.07) is 23.6. The summed E-state index contributed by atoms with van der Waals surface area (Å²) in [5.74, 6) is 8.07. The number of H-pyrrole nitrogens is 4. The van der Waals surface area contributed by atoms with Gasteiger partial charge in [0.05, 0.1) is 84.1 Å². The van der Waals surface area contributed by atoms with Gasteiger partial charge < -0.3 is 64.0 Å². The number of benzene rings is 4. The third kappa shape index (κ3) is 24.0. The van der Waals surface area contributed by atoms with E-state index < -0.39 is 6.10 Å². The number of aliphatic hydroxyl groups excluding tert-OH is 1. The van der Waals surface area contributed by atoms with Crippen molar-refractivity contribution in [2.24, 2.45) is 0 Å². The SMILES string of the molecule is CCCC(C)(C)c1nc(C)c2c(=O)[nH]c(-c3cc(CN4CCN(C)CC4)ccc3OCC)nn12.CCCc1nc(C)c2c(=O)[nH]c(-c3cc(C(=O)CN4CCN(C)CC4)ccc3OCC)nn12.CCCc1nc(C)c2c(=O)[nH]c(-c3cc(C(O)CNC(C)C)ccc3OCC)nn12.CCOc1ccc(CN2CCN(CC)CC2)cc1-c1nn2c(C3CCCCCC3)nc(C)c2c(=O)[nH]1. The molecule has 716 valence electrons. The number of hydrogen-bond donors (Lipinski definition) is 6. The lowest BCUT2D eigenvalue weighted by atomic mass is 9.87. The predicted octanol–water partition coefficient (Wildman–Crippen LogP) is 12.9. The van der Waals surface area contributed by atoms with E-state index in [-0.39, 0.29) is 39.5 Å². The van der Waals surface area contributed by atoms with E-state index in [4.69, 9.17) is 44.2 Å². The van der Waals surface area contributed by atoms with Crippen LogP contribution in [0, 0.1) is 27.7 Å². The number of likely N-dealkylation sites (N-methyl/N-ethyl adjacent to an activating group) is 3. The second-order valence-electron chi connectivity index (χ2n) is 36.6. The van der Waals surface area contributed by atoms with Crippen LogP contribution in [-0.4, -0.2) is 263 Å². The monoisotopic (exact) mass is 1820 g/mol. The van der Waals surface area contributed by atoms with Crippen molar-refractivity contribution in [1.82, 2.24) is 113 Å². The molecule has 0 bridgehead atoms. The Labute approximate surface area is 779 Å². The van der Waals surface area contributed by atoms with Crippen LogP contribution in [0.25, 0.3) is 67.6 Å². The number of rotatable bonds is 32. The number of ether oxygens (including phenoxy) is 4. The average Bonchev–Trinajstić information content (AvgIpc) is 1.65. The fourth-order valence-corrected chi connectivity index (χ4v) is 18.3. The molecule has 133 heavy (non-hydrogen) atoms. The van der Waals surface area contributed by atoms with Crippen LogP contribution in [0.3, 0.4) is 0 Å². The van der Waals surface area contributed by atoms with E-state index >= 15 is 0 Å². The Morgan fingerprint density at radius 1 is 0.466 bits per heavy atom. The Balaban J connectivity index is 0.000000151. The lowest BCUT2D eigenvalue weighted by molar-refractivity contribution is 0.0876. The molecule has 4 fully saturated rings. The minimum atomic E-state index is -0.691. The Morgan fingerprint density at radius 3 is 1.31 bits per heavy atom. The molecule has 0 spiro atoms. The molecule has 4 aliphatic rings. The maximum Gasteiger partial charge on any atom is 0.277 e. The van der Waals surface area contributed by atoms with Crippen molar-refractivity contribution in [3.05, 3.63) is 183 Å². The van der Waals surface area contributed by atoms with Crippen LogP contribution in [0.4, 0.5) is 0 Å². The van der Waals surface area contributed by atoms with Crippen molar-refractivity contribution in [1.29, 1.82) is 0 Å². The first-order valence-corrected chi connectivity index (χ1v) is 48.3. The maximum absolute atomic E-state index is 13.3. The quantitative estimate of drug-likeness (QED) is 0.0168. The molecule has 33 nitrogen and oxygen atoms in total. The molecule has 3 aliphatic heterocycles. The number of aliphatic hydroxyl groups is 1. The number of aryl methyl sites for hydroxylation is 6. The first kappa shape index (κ1) is 99.3. The van der Waals surface area contributed by atoms with Crippen molar-refractivity contribution in [2.45, 2.75) is 224 Å². The highest BCUT2D eigenvalue weighted by molar-refractivity contribution is 5.99. The molecule has 6 N–H and O–H groups in total. The lowest BCUT2D eigenvalue weighted by Gasteiger charge is -2.34. The summed E-state index contributed by atoms with van der Waals surface area (Å²) in [5.41, 5.74) is 10.2. The van der Waals surface area contributed by atoms with Crippen LogP contribution in [0.1, 0.15) is 232 Å². The number of ketones is 1. The van der Waals surface area contributed by atoms with Crippen LogP contribution in [0.2, 0.25) is 0 Å². The van der Waals surface area contributed by atoms with E-state index in [1.54, 1.807) is 31.7 Å². The Bertz CT molecular complexity index is 6200. The Hall–Kier alpha value is -11.2. The van der Waals surface area contributed by atoms with Gasteiger partial charge in [-0.25, -0.2) is 38.0 Å². The van der Waals surface area contributed by atoms with Gasteiger partial charge in [-0.3, -0.25) is 38.7 Å². The summed E-state index contributed by atoms with van der Waals surface area (Å²) >= 11 is 0. The zero-order valence-electron chi connectivity index (χ0n) is 81.7. The molecule has 0 amide bonds. The molecule has 1 saturated carbocycles. The van der Waals surface area contributed by atoms with E-state index in [0.717, 1.165) is 200 Å². The van der Waals surface area contributed by atoms with Crippen LogP contribution in [-0.2, 0) is 31.3 Å². The Kier molecular flexibility index (Phi) is 34.1. The topological polar surface area (TPSA) is 358 Å². The molecule has 12 aromatic rings. The van der Waals surface area contributed by atoms with Crippen molar-refractivity contribution in [3.8, 4) is 68.5 Å². The number of carbonyl (C=O) groups excluding carboxylic acids is 1. The standard InChI is InChI=1S/C28H40N6O2.C26H38N6O2.C24H32N6O3.C22H31N5O3/c1-4-32-14-16-33(17-15-32)19-21-12-13-24(36-5-2)23(18-21)26-30-28(35)25-20(3)29-27(34(25)31-26)22-10-8-6-7-9-11-22;1-7-11-26(4,5)25-27-18(3)22-24(33)28-23(29-32(22)25)20-16-19(9-10-21(20)34-8-2)17-31-14-12-30(6)13-15-31;1-5-7-21-25-16(3)22-24(32)26-23(27-30(21)22)18-14-17(8-9-20(18)33-6-2)19(31)15-29-12-10-28(4)11-13-29;1-6-8-19-24-14(5)20-22(29)25-21(26-27(19)20)16-11-15(9-10-18(16)30-7-2)17(28)12-23-13(3)4/h12-13,18,22H,4-11,14-17,19H2,1-3H3,(H,30,31,35);9-10,16H,7-8,11-15,17H2,1-6H3,(H,28,29,33);8-9,14H,5-7,10-13,15H2,1-4H3,(H,26,27,32);9-11,13,17,23,28H,6-8,12H2,1-5H3,(H,25,26,29). The van der Waals surface area contributed by atoms with Gasteiger partial charge in [0, 0.05) is 134 Å². The molecule has 1 aliphatic carbocycles. The van der Waals surface area contributed by atoms with E-state index in [2.05, 4.69) is 150 Å². The maximum atomic E-state index is 13.3. The third-order valence-electron chi connectivity index (χ3n) is 25.5. The molecule has 0 radical (unpaired) electrons. The van der Waals surface area contributed by atoms with E-state index in [1.807, 2.05) is 104 Å². The fraction of sp³-hybridized carbons (Fsp3) is 0.550. The van der Waals surface area contributed by atoms with Gasteiger partial charge in [0.15, 0.2) is 51.1 Å². The number of piperazine rings is 3. The smallest absolute Gasteiger partial charge is 0.277 e. The number of nitrogens with zero attached hydrogens (tertiary/aromatic N) is 18. The molecule has 1 unspecified atom stereocenters. The normalized spacial score (nSPS) is 15.7. The summed E-state index contributed by atoms with van der Waals surface area (Å²) in [6.45, 7) is 50.0. The van der Waals surface area contributed by atoms with Crippen LogP contribution >= 0.6 is 0 Å². The van der Waals surface area contributed by atoms with Crippen LogP contribution in [0.5, 0.6) is 23.0 Å². The van der Waals surface area contributed by atoms with E-state index in [1.165, 1.54) is 36.8 Å².